The Morgan fingerprint density at radius 2 is 2.09 bits per heavy atom. The predicted molar refractivity (Wildman–Crippen MR) is 79.4 cm³/mol. The summed E-state index contributed by atoms with van der Waals surface area (Å²) in [6.45, 7) is 0.246. The van der Waals surface area contributed by atoms with Gasteiger partial charge in [-0.2, -0.15) is 5.10 Å². The van der Waals surface area contributed by atoms with E-state index in [1.165, 1.54) is 7.11 Å². The van der Waals surface area contributed by atoms with Crippen LogP contribution in [0.25, 0.3) is 11.3 Å². The minimum atomic E-state index is -1.10. The third kappa shape index (κ3) is 3.92. The summed E-state index contributed by atoms with van der Waals surface area (Å²) >= 11 is 0. The largest absolute Gasteiger partial charge is 0.480 e. The van der Waals surface area contributed by atoms with Gasteiger partial charge in [-0.05, 0) is 6.07 Å². The quantitative estimate of drug-likeness (QED) is 0.715. The summed E-state index contributed by atoms with van der Waals surface area (Å²) in [5.41, 5.74) is 1.70. The Morgan fingerprint density at radius 1 is 1.36 bits per heavy atom. The molecule has 2 aromatic rings. The van der Waals surface area contributed by atoms with Crippen LogP contribution in [-0.4, -0.2) is 46.9 Å². The highest BCUT2D eigenvalue weighted by molar-refractivity contribution is 5.95. The average Bonchev–Trinajstić information content (AvgIpc) is 3.02. The first kappa shape index (κ1) is 15.7. The van der Waals surface area contributed by atoms with Gasteiger partial charge in [0.1, 0.15) is 11.7 Å². The van der Waals surface area contributed by atoms with Crippen molar-refractivity contribution < 1.29 is 19.4 Å². The lowest BCUT2D eigenvalue weighted by molar-refractivity contribution is -0.139. The lowest BCUT2D eigenvalue weighted by Crippen LogP contribution is -2.41. The smallest absolute Gasteiger partial charge is 0.326 e. The SMILES string of the molecule is COCCC(NC(=O)c1cc(-c2ccccc2)n[nH]1)C(=O)O. The normalized spacial score (nSPS) is 11.9. The van der Waals surface area contributed by atoms with E-state index in [1.54, 1.807) is 6.07 Å². The molecule has 0 radical (unpaired) electrons. The molecule has 3 N–H and O–H groups in total. The van der Waals surface area contributed by atoms with Crippen molar-refractivity contribution >= 4 is 11.9 Å². The minimum Gasteiger partial charge on any atom is -0.480 e. The molecule has 0 bridgehead atoms. The van der Waals surface area contributed by atoms with Crippen LogP contribution in [0.5, 0.6) is 0 Å². The van der Waals surface area contributed by atoms with E-state index in [1.807, 2.05) is 30.3 Å². The number of carboxylic acid groups (broad SMARTS) is 1. The maximum absolute atomic E-state index is 12.1. The number of carboxylic acids is 1. The number of benzene rings is 1. The van der Waals surface area contributed by atoms with E-state index < -0.39 is 17.9 Å². The first-order valence-electron chi connectivity index (χ1n) is 6.75. The lowest BCUT2D eigenvalue weighted by Gasteiger charge is -2.12. The highest BCUT2D eigenvalue weighted by atomic mass is 16.5. The Hall–Kier alpha value is -2.67. The molecule has 2 rings (SSSR count). The zero-order valence-electron chi connectivity index (χ0n) is 12.1. The van der Waals surface area contributed by atoms with Crippen LogP contribution in [0, 0.1) is 0 Å². The van der Waals surface area contributed by atoms with E-state index in [0.717, 1.165) is 5.56 Å². The molecule has 7 nitrogen and oxygen atoms in total. The van der Waals surface area contributed by atoms with Gasteiger partial charge >= 0.3 is 5.97 Å². The number of methoxy groups -OCH3 is 1. The summed E-state index contributed by atoms with van der Waals surface area (Å²) in [6, 6.07) is 9.95. The Balaban J connectivity index is 2.06. The van der Waals surface area contributed by atoms with Gasteiger partial charge in [0.2, 0.25) is 0 Å². The molecule has 0 saturated heterocycles. The molecule has 1 heterocycles. The van der Waals surface area contributed by atoms with Crippen molar-refractivity contribution in [2.75, 3.05) is 13.7 Å². The van der Waals surface area contributed by atoms with Crippen LogP contribution in [0.15, 0.2) is 36.4 Å². The fraction of sp³-hybridized carbons (Fsp3) is 0.267. The van der Waals surface area contributed by atoms with Gasteiger partial charge in [0.05, 0.1) is 5.69 Å². The van der Waals surface area contributed by atoms with Gasteiger partial charge in [0, 0.05) is 25.7 Å². The number of ether oxygens (including phenoxy) is 1. The van der Waals surface area contributed by atoms with Gasteiger partial charge < -0.3 is 15.2 Å². The zero-order valence-corrected chi connectivity index (χ0v) is 12.1. The molecule has 116 valence electrons. The third-order valence-corrected chi connectivity index (χ3v) is 3.11. The molecule has 0 aliphatic carbocycles. The van der Waals surface area contributed by atoms with Gasteiger partial charge in [-0.25, -0.2) is 4.79 Å². The molecule has 0 aliphatic rings. The molecule has 0 fully saturated rings. The van der Waals surface area contributed by atoms with E-state index in [-0.39, 0.29) is 18.7 Å². The van der Waals surface area contributed by atoms with E-state index in [0.29, 0.717) is 5.69 Å². The molecule has 1 aromatic heterocycles. The zero-order chi connectivity index (χ0) is 15.9. The van der Waals surface area contributed by atoms with Crippen molar-refractivity contribution in [2.45, 2.75) is 12.5 Å². The summed E-state index contributed by atoms with van der Waals surface area (Å²) in [7, 11) is 1.47. The summed E-state index contributed by atoms with van der Waals surface area (Å²) in [6.07, 6.45) is 0.192. The summed E-state index contributed by atoms with van der Waals surface area (Å²) in [5.74, 6) is -1.62. The topological polar surface area (TPSA) is 104 Å². The second kappa shape index (κ2) is 7.37. The molecule has 0 aliphatic heterocycles. The van der Waals surface area contributed by atoms with Crippen LogP contribution in [0.2, 0.25) is 0 Å². The monoisotopic (exact) mass is 303 g/mol. The molecule has 0 saturated carbocycles. The van der Waals surface area contributed by atoms with Gasteiger partial charge in [0.25, 0.3) is 5.91 Å². The third-order valence-electron chi connectivity index (χ3n) is 3.11. The molecular weight excluding hydrogens is 286 g/mol. The van der Waals surface area contributed by atoms with Crippen molar-refractivity contribution in [1.29, 1.82) is 0 Å². The number of aliphatic carboxylic acids is 1. The minimum absolute atomic E-state index is 0.192. The van der Waals surface area contributed by atoms with Gasteiger partial charge in [-0.1, -0.05) is 30.3 Å². The van der Waals surface area contributed by atoms with E-state index in [4.69, 9.17) is 9.84 Å². The van der Waals surface area contributed by atoms with Crippen molar-refractivity contribution in [3.05, 3.63) is 42.1 Å². The molecule has 1 amide bonds. The Bertz CT molecular complexity index is 639. The first-order chi connectivity index (χ1) is 10.6. The Kier molecular flexibility index (Phi) is 5.26. The fourth-order valence-electron chi connectivity index (χ4n) is 1.92. The molecular formula is C15H17N3O4. The molecule has 1 atom stereocenters. The molecule has 1 unspecified atom stereocenters. The number of nitrogens with one attached hydrogen (secondary N) is 2. The summed E-state index contributed by atoms with van der Waals surface area (Å²) in [4.78, 5) is 23.2. The lowest BCUT2D eigenvalue weighted by atomic mass is 10.1. The second-order valence-corrected chi connectivity index (χ2v) is 4.68. The fourth-order valence-corrected chi connectivity index (χ4v) is 1.92. The number of nitrogens with zero attached hydrogens (tertiary/aromatic N) is 1. The number of hydrogen-bond acceptors (Lipinski definition) is 4. The number of rotatable bonds is 7. The highest BCUT2D eigenvalue weighted by Gasteiger charge is 2.21. The van der Waals surface area contributed by atoms with Crippen LogP contribution >= 0.6 is 0 Å². The van der Waals surface area contributed by atoms with Crippen LogP contribution in [0.1, 0.15) is 16.9 Å². The van der Waals surface area contributed by atoms with Crippen LogP contribution < -0.4 is 5.32 Å². The van der Waals surface area contributed by atoms with Gasteiger partial charge in [-0.15, -0.1) is 0 Å². The highest BCUT2D eigenvalue weighted by Crippen LogP contribution is 2.16. The number of amides is 1. The van der Waals surface area contributed by atoms with Crippen LogP contribution in [0.3, 0.4) is 0 Å². The summed E-state index contributed by atoms with van der Waals surface area (Å²) < 4.78 is 4.84. The average molecular weight is 303 g/mol. The number of H-pyrrole nitrogens is 1. The standard InChI is InChI=1S/C15H17N3O4/c1-22-8-7-11(15(20)21)16-14(19)13-9-12(17-18-13)10-5-3-2-4-6-10/h2-6,9,11H,7-8H2,1H3,(H,16,19)(H,17,18)(H,20,21). The number of carbonyl (C=O) groups excluding carboxylic acids is 1. The first-order valence-corrected chi connectivity index (χ1v) is 6.75. The number of aromatic amines is 1. The van der Waals surface area contributed by atoms with Crippen LogP contribution in [0.4, 0.5) is 0 Å². The number of aromatic nitrogens is 2. The Labute approximate surface area is 127 Å². The van der Waals surface area contributed by atoms with E-state index >= 15 is 0 Å². The van der Waals surface area contributed by atoms with E-state index in [2.05, 4.69) is 15.5 Å². The predicted octanol–water partition coefficient (Wildman–Crippen LogP) is 1.30. The summed E-state index contributed by atoms with van der Waals surface area (Å²) in [5, 5.41) is 18.2. The Morgan fingerprint density at radius 3 is 2.73 bits per heavy atom. The van der Waals surface area contributed by atoms with Crippen molar-refractivity contribution in [3.8, 4) is 11.3 Å². The molecule has 22 heavy (non-hydrogen) atoms. The van der Waals surface area contributed by atoms with Crippen molar-refractivity contribution in [2.24, 2.45) is 0 Å². The second-order valence-electron chi connectivity index (χ2n) is 4.68. The van der Waals surface area contributed by atoms with Crippen molar-refractivity contribution in [1.82, 2.24) is 15.5 Å². The molecule has 1 aromatic carbocycles. The molecule has 0 spiro atoms. The van der Waals surface area contributed by atoms with Gasteiger partial charge in [-0.3, -0.25) is 9.89 Å². The van der Waals surface area contributed by atoms with E-state index in [9.17, 15) is 9.59 Å². The van der Waals surface area contributed by atoms with Gasteiger partial charge in [0.15, 0.2) is 0 Å². The maximum atomic E-state index is 12.1. The number of carbonyl (C=O) groups is 2. The maximum Gasteiger partial charge on any atom is 0.326 e. The van der Waals surface area contributed by atoms with Crippen LogP contribution in [-0.2, 0) is 9.53 Å². The van der Waals surface area contributed by atoms with Crippen molar-refractivity contribution in [3.63, 3.8) is 0 Å². The number of hydrogen-bond donors (Lipinski definition) is 3. The molecule has 7 heteroatoms.